The molecule has 0 bridgehead atoms. The highest BCUT2D eigenvalue weighted by atomic mass is 16.5. The van der Waals surface area contributed by atoms with E-state index in [1.54, 1.807) is 0 Å². The predicted octanol–water partition coefficient (Wildman–Crippen LogP) is 1.95. The van der Waals surface area contributed by atoms with Crippen molar-refractivity contribution in [2.24, 2.45) is 29.8 Å². The number of ether oxygens (including phenoxy) is 1. The number of guanidine groups is 1. The fourth-order valence-electron chi connectivity index (χ4n) is 4.37. The van der Waals surface area contributed by atoms with Crippen molar-refractivity contribution in [3.05, 3.63) is 11.6 Å². The predicted molar refractivity (Wildman–Crippen MR) is 120 cm³/mol. The number of aromatic nitrogens is 3. The summed E-state index contributed by atoms with van der Waals surface area (Å²) >= 11 is 0. The van der Waals surface area contributed by atoms with Gasteiger partial charge in [-0.15, -0.1) is 10.2 Å². The molecular formula is C22H41N7O. The van der Waals surface area contributed by atoms with E-state index in [-0.39, 0.29) is 0 Å². The molecule has 8 heteroatoms. The molecule has 0 spiro atoms. The molecular weight excluding hydrogens is 378 g/mol. The minimum absolute atomic E-state index is 0.532. The summed E-state index contributed by atoms with van der Waals surface area (Å²) in [4.78, 5) is 7.24. The number of aryl methyl sites for hydroxylation is 1. The van der Waals surface area contributed by atoms with Crippen LogP contribution in [0.15, 0.2) is 4.99 Å². The summed E-state index contributed by atoms with van der Waals surface area (Å²) in [6.45, 7) is 13.8. The molecule has 2 heterocycles. The highest BCUT2D eigenvalue weighted by Crippen LogP contribution is 2.32. The first kappa shape index (κ1) is 23.0. The third-order valence-corrected chi connectivity index (χ3v) is 6.78. The Morgan fingerprint density at radius 1 is 1.13 bits per heavy atom. The summed E-state index contributed by atoms with van der Waals surface area (Å²) in [5, 5.41) is 15.5. The van der Waals surface area contributed by atoms with Crippen molar-refractivity contribution in [2.45, 2.75) is 53.0 Å². The number of morpholine rings is 1. The molecule has 0 aromatic carbocycles. The number of hydrogen-bond acceptors (Lipinski definition) is 5. The van der Waals surface area contributed by atoms with Crippen molar-refractivity contribution < 1.29 is 4.74 Å². The SMILES string of the molecule is Cc1nnc(CN=C(NCCN2CCOCC2)NCC2CCC(C(C)C)CC2)n1C. The van der Waals surface area contributed by atoms with Gasteiger partial charge in [-0.25, -0.2) is 4.99 Å². The van der Waals surface area contributed by atoms with Crippen LogP contribution in [0.25, 0.3) is 0 Å². The number of aliphatic imine (C=N–C) groups is 1. The van der Waals surface area contributed by atoms with Gasteiger partial charge in [0.2, 0.25) is 0 Å². The normalized spacial score (nSPS) is 23.7. The van der Waals surface area contributed by atoms with E-state index in [1.165, 1.54) is 25.7 Å². The Labute approximate surface area is 181 Å². The first-order valence-electron chi connectivity index (χ1n) is 11.7. The van der Waals surface area contributed by atoms with E-state index >= 15 is 0 Å². The molecule has 8 nitrogen and oxygen atoms in total. The molecule has 2 aliphatic rings. The van der Waals surface area contributed by atoms with E-state index in [4.69, 9.17) is 9.73 Å². The first-order chi connectivity index (χ1) is 14.5. The summed E-state index contributed by atoms with van der Waals surface area (Å²) in [5.41, 5.74) is 0. The second-order valence-electron chi connectivity index (χ2n) is 9.17. The van der Waals surface area contributed by atoms with Crippen molar-refractivity contribution in [1.29, 1.82) is 0 Å². The van der Waals surface area contributed by atoms with Crippen LogP contribution in [0.1, 0.15) is 51.2 Å². The largest absolute Gasteiger partial charge is 0.379 e. The van der Waals surface area contributed by atoms with Crippen LogP contribution in [-0.4, -0.2) is 71.6 Å². The van der Waals surface area contributed by atoms with Crippen molar-refractivity contribution >= 4 is 5.96 Å². The highest BCUT2D eigenvalue weighted by Gasteiger charge is 2.23. The molecule has 0 atom stereocenters. The van der Waals surface area contributed by atoms with Gasteiger partial charge in [-0.3, -0.25) is 4.90 Å². The van der Waals surface area contributed by atoms with E-state index < -0.39 is 0 Å². The summed E-state index contributed by atoms with van der Waals surface area (Å²) in [5.74, 6) is 5.14. The van der Waals surface area contributed by atoms with Crippen molar-refractivity contribution in [3.8, 4) is 0 Å². The van der Waals surface area contributed by atoms with Gasteiger partial charge in [0, 0.05) is 39.8 Å². The van der Waals surface area contributed by atoms with Crippen LogP contribution in [0.4, 0.5) is 0 Å². The Morgan fingerprint density at radius 3 is 2.50 bits per heavy atom. The summed E-state index contributed by atoms with van der Waals surface area (Å²) in [6.07, 6.45) is 5.36. The topological polar surface area (TPSA) is 79.6 Å². The molecule has 170 valence electrons. The zero-order valence-corrected chi connectivity index (χ0v) is 19.4. The maximum atomic E-state index is 5.44. The van der Waals surface area contributed by atoms with Gasteiger partial charge in [-0.1, -0.05) is 13.8 Å². The Kier molecular flexibility index (Phi) is 8.93. The lowest BCUT2D eigenvalue weighted by atomic mass is 9.77. The minimum atomic E-state index is 0.532. The third kappa shape index (κ3) is 6.94. The quantitative estimate of drug-likeness (QED) is 0.495. The molecule has 0 radical (unpaired) electrons. The van der Waals surface area contributed by atoms with E-state index in [0.29, 0.717) is 6.54 Å². The summed E-state index contributed by atoms with van der Waals surface area (Å²) < 4.78 is 7.44. The van der Waals surface area contributed by atoms with Gasteiger partial charge in [0.1, 0.15) is 12.4 Å². The summed E-state index contributed by atoms with van der Waals surface area (Å²) in [6, 6.07) is 0. The van der Waals surface area contributed by atoms with E-state index in [1.807, 2.05) is 18.5 Å². The van der Waals surface area contributed by atoms with E-state index in [0.717, 1.165) is 81.3 Å². The van der Waals surface area contributed by atoms with Crippen LogP contribution in [0, 0.1) is 24.7 Å². The second kappa shape index (κ2) is 11.6. The molecule has 3 rings (SSSR count). The van der Waals surface area contributed by atoms with E-state index in [2.05, 4.69) is 39.6 Å². The van der Waals surface area contributed by atoms with Gasteiger partial charge < -0.3 is 19.9 Å². The number of nitrogens with zero attached hydrogens (tertiary/aromatic N) is 5. The lowest BCUT2D eigenvalue weighted by Gasteiger charge is -2.31. The zero-order valence-electron chi connectivity index (χ0n) is 19.4. The molecule has 2 N–H and O–H groups in total. The van der Waals surface area contributed by atoms with Crippen LogP contribution in [0.3, 0.4) is 0 Å². The average molecular weight is 420 g/mol. The number of hydrogen-bond donors (Lipinski definition) is 2. The third-order valence-electron chi connectivity index (χ3n) is 6.78. The Balaban J connectivity index is 1.50. The monoisotopic (exact) mass is 419 g/mol. The standard InChI is InChI=1S/C22H41N7O/c1-17(2)20-7-5-19(6-8-20)15-24-22(23-9-10-29-11-13-30-14-12-29)25-16-21-27-26-18(3)28(21)4/h17,19-20H,5-16H2,1-4H3,(H2,23,24,25). The van der Waals surface area contributed by atoms with Crippen LogP contribution < -0.4 is 10.6 Å². The van der Waals surface area contributed by atoms with Gasteiger partial charge in [0.25, 0.3) is 0 Å². The number of nitrogens with one attached hydrogen (secondary N) is 2. The van der Waals surface area contributed by atoms with Gasteiger partial charge >= 0.3 is 0 Å². The molecule has 1 saturated heterocycles. The Bertz CT molecular complexity index is 658. The van der Waals surface area contributed by atoms with Gasteiger partial charge in [-0.05, 0) is 50.4 Å². The molecule has 0 amide bonds. The number of rotatable bonds is 8. The summed E-state index contributed by atoms with van der Waals surface area (Å²) in [7, 11) is 1.99. The smallest absolute Gasteiger partial charge is 0.191 e. The zero-order chi connectivity index (χ0) is 21.3. The lowest BCUT2D eigenvalue weighted by molar-refractivity contribution is 0.0389. The van der Waals surface area contributed by atoms with Crippen molar-refractivity contribution in [3.63, 3.8) is 0 Å². The molecule has 1 aliphatic carbocycles. The first-order valence-corrected chi connectivity index (χ1v) is 11.7. The van der Waals surface area contributed by atoms with Gasteiger partial charge in [0.05, 0.1) is 13.2 Å². The molecule has 30 heavy (non-hydrogen) atoms. The van der Waals surface area contributed by atoms with Crippen LogP contribution in [0.5, 0.6) is 0 Å². The van der Waals surface area contributed by atoms with Crippen LogP contribution >= 0.6 is 0 Å². The molecule has 1 aromatic rings. The fourth-order valence-corrected chi connectivity index (χ4v) is 4.37. The highest BCUT2D eigenvalue weighted by molar-refractivity contribution is 5.79. The average Bonchev–Trinajstić information content (AvgIpc) is 3.08. The Hall–Kier alpha value is -1.67. The maximum Gasteiger partial charge on any atom is 0.191 e. The van der Waals surface area contributed by atoms with Gasteiger partial charge in [0.15, 0.2) is 11.8 Å². The molecule has 1 aliphatic heterocycles. The van der Waals surface area contributed by atoms with Crippen LogP contribution in [-0.2, 0) is 18.3 Å². The molecule has 2 fully saturated rings. The van der Waals surface area contributed by atoms with Crippen molar-refractivity contribution in [2.75, 3.05) is 45.9 Å². The molecule has 1 saturated carbocycles. The fraction of sp³-hybridized carbons (Fsp3) is 0.864. The minimum Gasteiger partial charge on any atom is -0.379 e. The van der Waals surface area contributed by atoms with E-state index in [9.17, 15) is 0 Å². The van der Waals surface area contributed by atoms with Crippen molar-refractivity contribution in [1.82, 2.24) is 30.3 Å². The van der Waals surface area contributed by atoms with Crippen LogP contribution in [0.2, 0.25) is 0 Å². The molecule has 1 aromatic heterocycles. The second-order valence-corrected chi connectivity index (χ2v) is 9.17. The molecule has 0 unspecified atom stereocenters. The maximum absolute atomic E-state index is 5.44. The Morgan fingerprint density at radius 2 is 1.87 bits per heavy atom. The lowest BCUT2D eigenvalue weighted by Crippen LogP contribution is -2.45. The van der Waals surface area contributed by atoms with Gasteiger partial charge in [-0.2, -0.15) is 0 Å².